The molecule has 0 amide bonds. The highest BCUT2D eigenvalue weighted by molar-refractivity contribution is 5.46. The van der Waals surface area contributed by atoms with E-state index in [0.29, 0.717) is 0 Å². The molecular weight excluding hydrogens is 124 g/mol. The molecule has 2 N–H and O–H groups in total. The molecule has 2 nitrogen and oxygen atoms in total. The van der Waals surface area contributed by atoms with Gasteiger partial charge in [-0.2, -0.15) is 0 Å². The number of nitrogens with zero attached hydrogens (tertiary/aromatic N) is 1. The third-order valence-corrected chi connectivity index (χ3v) is 1.06. The molecule has 1 aromatic rings. The summed E-state index contributed by atoms with van der Waals surface area (Å²) < 4.78 is 0. The van der Waals surface area contributed by atoms with Crippen LogP contribution in [-0.2, 0) is 0 Å². The Bertz CT molecular complexity index is 222. The van der Waals surface area contributed by atoms with Gasteiger partial charge >= 0.3 is 0 Å². The zero-order valence-corrected chi connectivity index (χ0v) is 5.91. The molecule has 0 aliphatic carbocycles. The highest BCUT2D eigenvalue weighted by Gasteiger charge is 1.84. The Hall–Kier alpha value is -1.31. The fourth-order valence-electron chi connectivity index (χ4n) is 0.695. The number of hydrogen-bond donors (Lipinski definition) is 1. The van der Waals surface area contributed by atoms with Crippen molar-refractivity contribution in [3.05, 3.63) is 35.8 Å². The predicted molar refractivity (Wildman–Crippen MR) is 42.1 cm³/mol. The molecule has 10 heavy (non-hydrogen) atoms. The molecule has 1 rings (SSSR count). The maximum absolute atomic E-state index is 5.45. The normalized spacial score (nSPS) is 11.5. The van der Waals surface area contributed by atoms with Crippen LogP contribution in [0.3, 0.4) is 0 Å². The van der Waals surface area contributed by atoms with Crippen molar-refractivity contribution < 1.29 is 0 Å². The molecule has 2 heteroatoms. The quantitative estimate of drug-likeness (QED) is 0.630. The first kappa shape index (κ1) is 6.81. The Morgan fingerprint density at radius 3 is 2.90 bits per heavy atom. The highest BCUT2D eigenvalue weighted by Crippen LogP contribution is 1.97. The summed E-state index contributed by atoms with van der Waals surface area (Å²) in [5.41, 5.74) is 7.13. The van der Waals surface area contributed by atoms with Crippen molar-refractivity contribution in [1.82, 2.24) is 4.98 Å². The third kappa shape index (κ3) is 1.90. The fraction of sp³-hybridized carbons (Fsp3) is 0.125. The Morgan fingerprint density at radius 2 is 2.40 bits per heavy atom. The zero-order chi connectivity index (χ0) is 7.40. The van der Waals surface area contributed by atoms with Gasteiger partial charge in [-0.3, -0.25) is 4.98 Å². The van der Waals surface area contributed by atoms with Gasteiger partial charge in [0, 0.05) is 11.9 Å². The molecule has 52 valence electrons. The molecule has 0 bridgehead atoms. The van der Waals surface area contributed by atoms with Gasteiger partial charge in [0.1, 0.15) is 0 Å². The lowest BCUT2D eigenvalue weighted by Gasteiger charge is -1.90. The minimum absolute atomic E-state index is 0.777. The molecule has 0 atom stereocenters. The van der Waals surface area contributed by atoms with Gasteiger partial charge in [-0.05, 0) is 25.1 Å². The number of aromatic nitrogens is 1. The van der Waals surface area contributed by atoms with Gasteiger partial charge < -0.3 is 5.73 Å². The molecule has 0 spiro atoms. The highest BCUT2D eigenvalue weighted by atomic mass is 14.7. The molecule has 1 aromatic heterocycles. The van der Waals surface area contributed by atoms with Gasteiger partial charge in [-0.1, -0.05) is 6.07 Å². The summed E-state index contributed by atoms with van der Waals surface area (Å²) in [7, 11) is 0. The second-order valence-corrected chi connectivity index (χ2v) is 2.14. The van der Waals surface area contributed by atoms with Crippen LogP contribution >= 0.6 is 0 Å². The van der Waals surface area contributed by atoms with Crippen molar-refractivity contribution in [2.75, 3.05) is 0 Å². The Balaban J connectivity index is 2.87. The largest absolute Gasteiger partial charge is 0.402 e. The summed E-state index contributed by atoms with van der Waals surface area (Å²) in [6, 6.07) is 5.72. The summed E-state index contributed by atoms with van der Waals surface area (Å²) in [6.07, 6.45) is 3.58. The topological polar surface area (TPSA) is 38.9 Å². The van der Waals surface area contributed by atoms with Gasteiger partial charge in [0.05, 0.1) is 5.69 Å². The van der Waals surface area contributed by atoms with Crippen molar-refractivity contribution in [1.29, 1.82) is 0 Å². The molecular formula is C8H10N2. The van der Waals surface area contributed by atoms with E-state index in [-0.39, 0.29) is 0 Å². The maximum atomic E-state index is 5.45. The van der Waals surface area contributed by atoms with Crippen LogP contribution in [-0.4, -0.2) is 4.98 Å². The number of hydrogen-bond acceptors (Lipinski definition) is 2. The van der Waals surface area contributed by atoms with Crippen molar-refractivity contribution in [3.63, 3.8) is 0 Å². The van der Waals surface area contributed by atoms with Crippen molar-refractivity contribution in [2.45, 2.75) is 6.92 Å². The number of allylic oxidation sites excluding steroid dienone is 1. The summed E-state index contributed by atoms with van der Waals surface area (Å²) in [5.74, 6) is 0. The zero-order valence-electron chi connectivity index (χ0n) is 5.91. The Morgan fingerprint density at radius 1 is 1.60 bits per heavy atom. The summed E-state index contributed by atoms with van der Waals surface area (Å²) in [5, 5.41) is 0. The smallest absolute Gasteiger partial charge is 0.0646 e. The van der Waals surface area contributed by atoms with Gasteiger partial charge in [0.15, 0.2) is 0 Å². The number of nitrogens with two attached hydrogens (primary N) is 1. The van der Waals surface area contributed by atoms with Crippen molar-refractivity contribution in [3.8, 4) is 0 Å². The Kier molecular flexibility index (Phi) is 2.05. The summed E-state index contributed by atoms with van der Waals surface area (Å²) >= 11 is 0. The second-order valence-electron chi connectivity index (χ2n) is 2.14. The molecule has 0 aromatic carbocycles. The fourth-order valence-corrected chi connectivity index (χ4v) is 0.695. The lowest BCUT2D eigenvalue weighted by Crippen LogP contribution is -1.90. The first-order valence-corrected chi connectivity index (χ1v) is 3.14. The number of pyridine rings is 1. The summed E-state index contributed by atoms with van der Waals surface area (Å²) in [6.45, 7) is 1.84. The average Bonchev–Trinajstić information content (AvgIpc) is 1.88. The van der Waals surface area contributed by atoms with Gasteiger partial charge in [0.2, 0.25) is 0 Å². The van der Waals surface area contributed by atoms with E-state index in [4.69, 9.17) is 5.73 Å². The first-order valence-electron chi connectivity index (χ1n) is 3.14. The second kappa shape index (κ2) is 3.01. The van der Waals surface area contributed by atoms with E-state index in [2.05, 4.69) is 4.98 Å². The molecule has 0 saturated carbocycles. The minimum Gasteiger partial charge on any atom is -0.402 e. The molecule has 0 aliphatic rings. The van der Waals surface area contributed by atoms with Gasteiger partial charge in [-0.25, -0.2) is 0 Å². The third-order valence-electron chi connectivity index (χ3n) is 1.06. The van der Waals surface area contributed by atoms with E-state index >= 15 is 0 Å². The molecule has 0 aliphatic heterocycles. The van der Waals surface area contributed by atoms with Crippen molar-refractivity contribution in [2.24, 2.45) is 5.73 Å². The van der Waals surface area contributed by atoms with Crippen LogP contribution < -0.4 is 5.73 Å². The molecule has 0 radical (unpaired) electrons. The van der Waals surface area contributed by atoms with Crippen LogP contribution in [0.2, 0.25) is 0 Å². The van der Waals surface area contributed by atoms with E-state index in [0.717, 1.165) is 11.4 Å². The standard InChI is InChI=1S/C8H10N2/c1-7(9)6-8-4-2-3-5-10-8/h2-6H,9H2,1H3. The van der Waals surface area contributed by atoms with Crippen LogP contribution in [0.25, 0.3) is 6.08 Å². The first-order chi connectivity index (χ1) is 4.79. The van der Waals surface area contributed by atoms with E-state index in [1.54, 1.807) is 6.20 Å². The van der Waals surface area contributed by atoms with E-state index < -0.39 is 0 Å². The molecule has 0 saturated heterocycles. The van der Waals surface area contributed by atoms with Gasteiger partial charge in [-0.15, -0.1) is 0 Å². The van der Waals surface area contributed by atoms with Crippen molar-refractivity contribution >= 4 is 6.08 Å². The summed E-state index contributed by atoms with van der Waals surface area (Å²) in [4.78, 5) is 4.06. The number of rotatable bonds is 1. The lowest BCUT2D eigenvalue weighted by atomic mass is 10.3. The van der Waals surface area contributed by atoms with E-state index in [1.165, 1.54) is 0 Å². The van der Waals surface area contributed by atoms with E-state index in [1.807, 2.05) is 31.2 Å². The Labute approximate surface area is 60.4 Å². The van der Waals surface area contributed by atoms with Crippen LogP contribution in [0.1, 0.15) is 12.6 Å². The lowest BCUT2D eigenvalue weighted by molar-refractivity contribution is 1.27. The predicted octanol–water partition coefficient (Wildman–Crippen LogP) is 1.40. The van der Waals surface area contributed by atoms with Crippen LogP contribution in [0.15, 0.2) is 30.1 Å². The monoisotopic (exact) mass is 134 g/mol. The van der Waals surface area contributed by atoms with Crippen LogP contribution in [0.5, 0.6) is 0 Å². The SMILES string of the molecule is CC(N)=Cc1ccccn1. The molecule has 1 heterocycles. The minimum atomic E-state index is 0.777. The average molecular weight is 134 g/mol. The molecule has 0 fully saturated rings. The van der Waals surface area contributed by atoms with Crippen LogP contribution in [0.4, 0.5) is 0 Å². The molecule has 0 unspecified atom stereocenters. The van der Waals surface area contributed by atoms with E-state index in [9.17, 15) is 0 Å². The van der Waals surface area contributed by atoms with Gasteiger partial charge in [0.25, 0.3) is 0 Å². The maximum Gasteiger partial charge on any atom is 0.0646 e. The van der Waals surface area contributed by atoms with Crippen LogP contribution in [0, 0.1) is 0 Å².